The summed E-state index contributed by atoms with van der Waals surface area (Å²) in [5.41, 5.74) is 12.6. The van der Waals surface area contributed by atoms with Crippen LogP contribution in [-0.2, 0) is 5.41 Å². The first-order chi connectivity index (χ1) is 28.8. The van der Waals surface area contributed by atoms with E-state index in [1.807, 2.05) is 6.07 Å². The number of allylic oxidation sites excluding steroid dienone is 4. The van der Waals surface area contributed by atoms with Crippen LogP contribution in [0.3, 0.4) is 0 Å². The van der Waals surface area contributed by atoms with Crippen LogP contribution in [0.25, 0.3) is 44.6 Å². The fraction of sp³-hybridized carbons (Fsp3) is 0.0566. The molecule has 1 aliphatic carbocycles. The van der Waals surface area contributed by atoms with Crippen molar-refractivity contribution in [1.29, 1.82) is 0 Å². The number of nitrogens with zero attached hydrogens (tertiary/aromatic N) is 4. The molecule has 0 N–H and O–H groups in total. The van der Waals surface area contributed by atoms with Gasteiger partial charge in [-0.1, -0.05) is 140 Å². The largest absolute Gasteiger partial charge is 0.457 e. The molecule has 3 aliphatic rings. The molecule has 0 saturated carbocycles. The van der Waals surface area contributed by atoms with E-state index in [2.05, 4.69) is 198 Å². The Morgan fingerprint density at radius 3 is 1.97 bits per heavy atom. The maximum Gasteiger partial charge on any atom is 0.162 e. The average Bonchev–Trinajstić information content (AvgIpc) is 3.62. The lowest BCUT2D eigenvalue weighted by molar-refractivity contribution is 0.435. The lowest BCUT2D eigenvalue weighted by atomic mass is 9.61. The molecule has 4 heterocycles. The van der Waals surface area contributed by atoms with Crippen molar-refractivity contribution in [3.05, 3.63) is 222 Å². The normalized spacial score (nSPS) is 14.7. The summed E-state index contributed by atoms with van der Waals surface area (Å²) in [4.78, 5) is 13.0. The Labute approximate surface area is 336 Å². The highest BCUT2D eigenvalue weighted by molar-refractivity contribution is 6.10. The van der Waals surface area contributed by atoms with Crippen LogP contribution in [0.4, 0.5) is 17.1 Å². The monoisotopic (exact) mass is 744 g/mol. The summed E-state index contributed by atoms with van der Waals surface area (Å²) in [7, 11) is 0. The van der Waals surface area contributed by atoms with E-state index in [-0.39, 0.29) is 0 Å². The fourth-order valence-electron chi connectivity index (χ4n) is 9.68. The van der Waals surface area contributed by atoms with Crippen molar-refractivity contribution in [3.8, 4) is 28.7 Å². The molecule has 0 fully saturated rings. The van der Waals surface area contributed by atoms with Gasteiger partial charge in [-0.3, -0.25) is 4.57 Å². The minimum Gasteiger partial charge on any atom is -0.457 e. The first-order valence-electron chi connectivity index (χ1n) is 20.0. The second-order valence-electron chi connectivity index (χ2n) is 15.2. The van der Waals surface area contributed by atoms with Gasteiger partial charge in [-0.15, -0.1) is 0 Å². The van der Waals surface area contributed by atoms with Gasteiger partial charge in [0, 0.05) is 39.2 Å². The van der Waals surface area contributed by atoms with Gasteiger partial charge in [-0.2, -0.15) is 0 Å². The van der Waals surface area contributed by atoms with Crippen LogP contribution in [0.1, 0.15) is 40.8 Å². The molecule has 2 aromatic heterocycles. The van der Waals surface area contributed by atoms with Gasteiger partial charge in [-0.25, -0.2) is 9.97 Å². The summed E-state index contributed by atoms with van der Waals surface area (Å²) >= 11 is 0. The van der Waals surface area contributed by atoms with E-state index in [9.17, 15) is 0 Å². The molecule has 0 atom stereocenters. The second kappa shape index (κ2) is 12.8. The molecular formula is C53H36N4O. The molecule has 0 saturated heterocycles. The standard InChI is InChI=1S/C53H36N4O/c1-4-18-35(19-5-1)44-34-51(55-52(54-44)36-20-6-2-7-21-36)57-45-28-14-10-24-38(45)39-32-50-43(33-48(39)57)53(42-27-13-17-31-49(42)58-50)40-25-11-15-29-46(40)56(37-22-8-3-9-23-37)47-30-16-12-26-41(47)53/h1-4,6-18,20-34H,5,19H2. The van der Waals surface area contributed by atoms with Crippen molar-refractivity contribution in [2.75, 3.05) is 4.90 Å². The van der Waals surface area contributed by atoms with Crippen LogP contribution in [0, 0.1) is 0 Å². The van der Waals surface area contributed by atoms with Crippen molar-refractivity contribution in [2.45, 2.75) is 18.3 Å². The summed E-state index contributed by atoms with van der Waals surface area (Å²) in [6.45, 7) is 0. The van der Waals surface area contributed by atoms with Crippen LogP contribution >= 0.6 is 0 Å². The van der Waals surface area contributed by atoms with Gasteiger partial charge in [0.15, 0.2) is 5.82 Å². The summed E-state index contributed by atoms with van der Waals surface area (Å²) in [5, 5.41) is 2.24. The third-order valence-electron chi connectivity index (χ3n) is 12.1. The van der Waals surface area contributed by atoms with Gasteiger partial charge < -0.3 is 9.64 Å². The van der Waals surface area contributed by atoms with Crippen LogP contribution in [0.15, 0.2) is 194 Å². The number of fused-ring (bicyclic) bond motifs is 11. The molecule has 5 nitrogen and oxygen atoms in total. The fourth-order valence-corrected chi connectivity index (χ4v) is 9.68. The van der Waals surface area contributed by atoms with E-state index in [1.54, 1.807) is 0 Å². The smallest absolute Gasteiger partial charge is 0.162 e. The molecule has 12 rings (SSSR count). The molecule has 0 unspecified atom stereocenters. The minimum atomic E-state index is -0.705. The summed E-state index contributed by atoms with van der Waals surface area (Å²) in [6.07, 6.45) is 8.48. The number of hydrogen-bond acceptors (Lipinski definition) is 4. The van der Waals surface area contributed by atoms with E-state index in [1.165, 1.54) is 16.7 Å². The van der Waals surface area contributed by atoms with Crippen molar-refractivity contribution in [1.82, 2.24) is 14.5 Å². The Kier molecular flexibility index (Phi) is 7.20. The van der Waals surface area contributed by atoms with E-state index in [0.717, 1.165) is 91.4 Å². The van der Waals surface area contributed by atoms with Crippen LogP contribution in [0.2, 0.25) is 0 Å². The Balaban J connectivity index is 1.20. The van der Waals surface area contributed by atoms with E-state index >= 15 is 0 Å². The van der Waals surface area contributed by atoms with Crippen molar-refractivity contribution in [2.24, 2.45) is 0 Å². The summed E-state index contributed by atoms with van der Waals surface area (Å²) in [5.74, 6) is 3.24. The van der Waals surface area contributed by atoms with Crippen molar-refractivity contribution >= 4 is 44.4 Å². The highest BCUT2D eigenvalue weighted by Crippen LogP contribution is 2.63. The Morgan fingerprint density at radius 1 is 0.534 bits per heavy atom. The zero-order chi connectivity index (χ0) is 38.2. The van der Waals surface area contributed by atoms with Gasteiger partial charge in [0.25, 0.3) is 0 Å². The number of ether oxygens (including phenoxy) is 1. The SMILES string of the molecule is C1=CCCC(c2cc(-n3c4ccccc4c4cc5c(cc43)C3(c4ccccc4O5)c4ccccc4N(c4ccccc4)c4ccccc43)nc(-c3ccccc3)n2)=C1. The minimum absolute atomic E-state index is 0.705. The molecule has 1 spiro atoms. The quantitative estimate of drug-likeness (QED) is 0.180. The third kappa shape index (κ3) is 4.71. The zero-order valence-electron chi connectivity index (χ0n) is 31.6. The number of hydrogen-bond donors (Lipinski definition) is 0. The molecule has 7 aromatic carbocycles. The number of aromatic nitrogens is 3. The molecule has 9 aromatic rings. The number of benzene rings is 7. The summed E-state index contributed by atoms with van der Waals surface area (Å²) in [6, 6.07) is 62.9. The van der Waals surface area contributed by atoms with E-state index < -0.39 is 5.41 Å². The molecule has 58 heavy (non-hydrogen) atoms. The van der Waals surface area contributed by atoms with Crippen LogP contribution < -0.4 is 9.64 Å². The van der Waals surface area contributed by atoms with Crippen LogP contribution in [-0.4, -0.2) is 14.5 Å². The molecule has 2 aliphatic heterocycles. The maximum atomic E-state index is 7.03. The van der Waals surface area contributed by atoms with Crippen LogP contribution in [0.5, 0.6) is 11.5 Å². The van der Waals surface area contributed by atoms with Crippen molar-refractivity contribution < 1.29 is 4.74 Å². The highest BCUT2D eigenvalue weighted by atomic mass is 16.5. The number of anilines is 3. The van der Waals surface area contributed by atoms with E-state index in [0.29, 0.717) is 5.82 Å². The first kappa shape index (κ1) is 32.7. The Morgan fingerprint density at radius 2 is 1.21 bits per heavy atom. The van der Waals surface area contributed by atoms with Gasteiger partial charge in [0.1, 0.15) is 17.3 Å². The molecular weight excluding hydrogens is 709 g/mol. The Hall–Kier alpha value is -7.50. The van der Waals surface area contributed by atoms with Crippen molar-refractivity contribution in [3.63, 3.8) is 0 Å². The maximum absolute atomic E-state index is 7.03. The van der Waals surface area contributed by atoms with Gasteiger partial charge in [0.05, 0.1) is 33.5 Å². The van der Waals surface area contributed by atoms with Gasteiger partial charge in [-0.05, 0) is 78.1 Å². The number of para-hydroxylation sites is 5. The molecule has 0 radical (unpaired) electrons. The highest BCUT2D eigenvalue weighted by Gasteiger charge is 2.51. The second-order valence-corrected chi connectivity index (χ2v) is 15.2. The summed E-state index contributed by atoms with van der Waals surface area (Å²) < 4.78 is 9.37. The zero-order valence-corrected chi connectivity index (χ0v) is 31.6. The molecule has 0 bridgehead atoms. The topological polar surface area (TPSA) is 43.2 Å². The molecule has 274 valence electrons. The predicted molar refractivity (Wildman–Crippen MR) is 235 cm³/mol. The van der Waals surface area contributed by atoms with Gasteiger partial charge >= 0.3 is 0 Å². The van der Waals surface area contributed by atoms with E-state index in [4.69, 9.17) is 14.7 Å². The van der Waals surface area contributed by atoms with Gasteiger partial charge in [0.2, 0.25) is 0 Å². The molecule has 5 heteroatoms. The third-order valence-corrected chi connectivity index (χ3v) is 12.1. The molecule has 0 amide bonds. The lowest BCUT2D eigenvalue weighted by Gasteiger charge is -2.48. The average molecular weight is 745 g/mol. The first-order valence-corrected chi connectivity index (χ1v) is 20.0. The Bertz CT molecular complexity index is 3110. The predicted octanol–water partition coefficient (Wildman–Crippen LogP) is 13.2. The number of rotatable bonds is 4. The lowest BCUT2D eigenvalue weighted by Crippen LogP contribution is -2.39.